The Balaban J connectivity index is 4.03. The van der Waals surface area contributed by atoms with Crippen molar-refractivity contribution in [3.8, 4) is 0 Å². The van der Waals surface area contributed by atoms with Crippen LogP contribution in [0.2, 0.25) is 0 Å². The molecule has 0 aliphatic carbocycles. The van der Waals surface area contributed by atoms with Crippen molar-refractivity contribution in [3.05, 3.63) is 146 Å². The van der Waals surface area contributed by atoms with Gasteiger partial charge in [0.15, 0.2) is 6.10 Å². The molecular weight excluding hydrogens is 1280 g/mol. The summed E-state index contributed by atoms with van der Waals surface area (Å²) in [5, 5.41) is 0. The Morgan fingerprint density at radius 3 is 0.833 bits per heavy atom. The zero-order chi connectivity index (χ0) is 74.0. The molecule has 2 unspecified atom stereocenters. The predicted molar refractivity (Wildman–Crippen MR) is 443 cm³/mol. The number of carbonyl (C=O) groups is 2. The number of carbonyl (C=O) groups excluding carboxylic acids is 2. The number of allylic oxidation sites excluding steroid dienone is 24. The Morgan fingerprint density at radius 1 is 0.314 bits per heavy atom. The molecule has 2 atom stereocenters. The number of ether oxygens (including phenoxy) is 2. The highest BCUT2D eigenvalue weighted by Crippen LogP contribution is 2.38. The Bertz CT molecular complexity index is 2240. The van der Waals surface area contributed by atoms with Gasteiger partial charge in [-0.25, -0.2) is 0 Å². The highest BCUT2D eigenvalue weighted by Gasteiger charge is 2.22. The van der Waals surface area contributed by atoms with E-state index in [0.717, 1.165) is 122 Å². The van der Waals surface area contributed by atoms with E-state index in [2.05, 4.69) is 160 Å². The fourth-order valence-corrected chi connectivity index (χ4v) is 12.7. The lowest BCUT2D eigenvalue weighted by Gasteiger charge is -2.28. The van der Waals surface area contributed by atoms with E-state index in [-0.39, 0.29) is 32.0 Å². The van der Waals surface area contributed by atoms with Crippen LogP contribution in [-0.2, 0) is 32.7 Å². The zero-order valence-electron chi connectivity index (χ0n) is 67.0. The fraction of sp³-hybridized carbons (Fsp3) is 0.717. The van der Waals surface area contributed by atoms with E-state index in [4.69, 9.17) is 18.5 Å². The molecule has 0 fully saturated rings. The second-order valence-corrected chi connectivity index (χ2v) is 30.9. The van der Waals surface area contributed by atoms with Crippen LogP contribution in [0, 0.1) is 0 Å². The van der Waals surface area contributed by atoms with Crippen molar-refractivity contribution >= 4 is 19.8 Å². The molecule has 0 rings (SSSR count). The van der Waals surface area contributed by atoms with Crippen molar-refractivity contribution < 1.29 is 42.1 Å². The van der Waals surface area contributed by atoms with Crippen LogP contribution in [-0.4, -0.2) is 70.0 Å². The molecule has 0 saturated carbocycles. The van der Waals surface area contributed by atoms with Crippen LogP contribution in [0.25, 0.3) is 0 Å². The van der Waals surface area contributed by atoms with Gasteiger partial charge in [-0.2, -0.15) is 0 Å². The van der Waals surface area contributed by atoms with E-state index in [9.17, 15) is 19.0 Å². The molecule has 9 nitrogen and oxygen atoms in total. The molecule has 0 radical (unpaired) electrons. The highest BCUT2D eigenvalue weighted by atomic mass is 31.2. The number of phosphoric acid groups is 1. The maximum atomic E-state index is 12.9. The number of hydrogen-bond donors (Lipinski definition) is 0. The van der Waals surface area contributed by atoms with Crippen LogP contribution in [0.15, 0.2) is 146 Å². The Morgan fingerprint density at radius 2 is 0.559 bits per heavy atom. The number of phosphoric ester groups is 1. The first-order valence-electron chi connectivity index (χ1n) is 42.5. The first-order chi connectivity index (χ1) is 50.0. The van der Waals surface area contributed by atoms with Gasteiger partial charge in [-0.1, -0.05) is 404 Å². The molecule has 0 amide bonds. The van der Waals surface area contributed by atoms with Crippen LogP contribution in [0.4, 0.5) is 0 Å². The average Bonchev–Trinajstić information content (AvgIpc) is 0.916. The monoisotopic (exact) mass is 1440 g/mol. The van der Waals surface area contributed by atoms with Gasteiger partial charge >= 0.3 is 11.9 Å². The van der Waals surface area contributed by atoms with Crippen molar-refractivity contribution in [1.82, 2.24) is 0 Å². The molecule has 10 heteroatoms. The summed E-state index contributed by atoms with van der Waals surface area (Å²) in [5.41, 5.74) is 0. The van der Waals surface area contributed by atoms with Gasteiger partial charge in [0.2, 0.25) is 0 Å². The SMILES string of the molecule is CC/C=C\C/C=C\C/C=C\C/C=C\C/C=C\C/C=C\C/C=C\C/C=C\C/C=C\C/C=C\C/C=C\C/C=C\CCCCCCC(=O)OC(COC(=O)CCCCCCCCCCCCCCCCCCCCCCCCCCCCCCCCCCCCCCC)COP(=O)([O-])OCC[N+](C)(C)C. The van der Waals surface area contributed by atoms with Crippen LogP contribution in [0.1, 0.15) is 373 Å². The quantitative estimate of drug-likeness (QED) is 0.0195. The van der Waals surface area contributed by atoms with E-state index in [1.165, 1.54) is 218 Å². The normalized spacial score (nSPS) is 13.7. The smallest absolute Gasteiger partial charge is 0.306 e. The second kappa shape index (κ2) is 81.0. The average molecular weight is 1440 g/mol. The van der Waals surface area contributed by atoms with Crippen LogP contribution in [0.5, 0.6) is 0 Å². The summed E-state index contributed by atoms with van der Waals surface area (Å²) in [6, 6.07) is 0. The van der Waals surface area contributed by atoms with E-state index in [1.807, 2.05) is 21.1 Å². The number of nitrogens with zero attached hydrogens (tertiary/aromatic N) is 1. The lowest BCUT2D eigenvalue weighted by Crippen LogP contribution is -2.37. The minimum atomic E-state index is -4.66. The molecule has 0 aliphatic heterocycles. The lowest BCUT2D eigenvalue weighted by atomic mass is 10.0. The molecule has 102 heavy (non-hydrogen) atoms. The number of hydrogen-bond acceptors (Lipinski definition) is 8. The number of unbranched alkanes of at least 4 members (excludes halogenated alkanes) is 40. The summed E-state index contributed by atoms with van der Waals surface area (Å²) in [6.07, 6.45) is 120. The van der Waals surface area contributed by atoms with Crippen molar-refractivity contribution in [2.45, 2.75) is 380 Å². The second-order valence-electron chi connectivity index (χ2n) is 29.5. The molecule has 0 aromatic heterocycles. The summed E-state index contributed by atoms with van der Waals surface area (Å²) in [5.74, 6) is -0.857. The van der Waals surface area contributed by atoms with Crippen molar-refractivity contribution in [2.24, 2.45) is 0 Å². The molecule has 0 heterocycles. The molecule has 0 bridgehead atoms. The highest BCUT2D eigenvalue weighted by molar-refractivity contribution is 7.45. The molecule has 0 N–H and O–H groups in total. The standard InChI is InChI=1S/C92H160NO8P/c1-6-8-10-12-14-16-18-20-22-24-26-28-30-32-34-36-38-40-42-44-45-46-47-49-51-53-55-57-59-61-63-65-67-69-71-73-75-77-79-81-83-85-92(95)101-90(89-100-102(96,97)99-87-86-93(3,4)5)88-98-91(94)84-82-80-78-76-74-72-70-68-66-64-62-60-58-56-54-52-50-48-43-41-39-37-35-33-31-29-27-25-23-21-19-17-15-13-11-9-7-2/h8,10,14,16,20,22,26,28,32,34,38,40,44-45,47,49,53,55,59,61,65,67,71,73,90H,6-7,9,11-13,15,17-19,21,23-25,27,29-31,33,35-37,39,41-43,46,48,50-52,54,56-58,60,62-64,66,68-70,72,74-89H2,1-5H3/b10-8-,16-14-,22-20-,28-26-,34-32-,40-38-,45-44-,49-47-,55-53-,61-59-,67-65-,73-71-. The number of likely N-dealkylation sites (N-methyl/N-ethyl adjacent to an activating group) is 1. The summed E-state index contributed by atoms with van der Waals surface area (Å²) in [6.45, 7) is 4.13. The Hall–Kier alpha value is -4.11. The van der Waals surface area contributed by atoms with E-state index >= 15 is 0 Å². The molecule has 0 aromatic carbocycles. The molecule has 586 valence electrons. The van der Waals surface area contributed by atoms with E-state index in [0.29, 0.717) is 17.4 Å². The maximum absolute atomic E-state index is 12.9. The summed E-state index contributed by atoms with van der Waals surface area (Å²) in [7, 11) is 1.14. The Kier molecular flexibility index (Phi) is 77.7. The third-order valence-electron chi connectivity index (χ3n) is 18.4. The van der Waals surface area contributed by atoms with Gasteiger partial charge in [-0.3, -0.25) is 14.2 Å². The number of esters is 2. The number of rotatable bonds is 78. The van der Waals surface area contributed by atoms with Gasteiger partial charge in [0.05, 0.1) is 27.7 Å². The first-order valence-corrected chi connectivity index (χ1v) is 44.0. The van der Waals surface area contributed by atoms with Crippen LogP contribution < -0.4 is 4.89 Å². The van der Waals surface area contributed by atoms with Gasteiger partial charge in [-0.15, -0.1) is 0 Å². The summed E-state index contributed by atoms with van der Waals surface area (Å²) < 4.78 is 34.4. The molecule has 0 aromatic rings. The topological polar surface area (TPSA) is 111 Å². The van der Waals surface area contributed by atoms with Gasteiger partial charge in [0.1, 0.15) is 19.8 Å². The largest absolute Gasteiger partial charge is 0.756 e. The maximum Gasteiger partial charge on any atom is 0.306 e. The lowest BCUT2D eigenvalue weighted by molar-refractivity contribution is -0.870. The van der Waals surface area contributed by atoms with E-state index in [1.54, 1.807) is 0 Å². The predicted octanol–water partition coefficient (Wildman–Crippen LogP) is 28.2. The molecule has 0 spiro atoms. The summed E-state index contributed by atoms with van der Waals surface area (Å²) >= 11 is 0. The number of quaternary nitrogens is 1. The van der Waals surface area contributed by atoms with Crippen molar-refractivity contribution in [3.63, 3.8) is 0 Å². The Labute approximate surface area is 631 Å². The molecular formula is C92H160NO8P. The van der Waals surface area contributed by atoms with Crippen molar-refractivity contribution in [1.29, 1.82) is 0 Å². The van der Waals surface area contributed by atoms with Crippen LogP contribution >= 0.6 is 7.82 Å². The zero-order valence-corrected chi connectivity index (χ0v) is 67.9. The van der Waals surface area contributed by atoms with E-state index < -0.39 is 26.5 Å². The minimum absolute atomic E-state index is 0.0416. The molecule has 0 saturated heterocycles. The fourth-order valence-electron chi connectivity index (χ4n) is 11.9. The van der Waals surface area contributed by atoms with Gasteiger partial charge in [-0.05, 0) is 103 Å². The van der Waals surface area contributed by atoms with Crippen LogP contribution in [0.3, 0.4) is 0 Å². The third kappa shape index (κ3) is 84.8. The van der Waals surface area contributed by atoms with Crippen molar-refractivity contribution in [2.75, 3.05) is 47.5 Å². The van der Waals surface area contributed by atoms with Gasteiger partial charge in [0.25, 0.3) is 7.82 Å². The summed E-state index contributed by atoms with van der Waals surface area (Å²) in [4.78, 5) is 38.2. The first kappa shape index (κ1) is 97.9. The van der Waals surface area contributed by atoms with Gasteiger partial charge < -0.3 is 27.9 Å². The molecule has 0 aliphatic rings. The minimum Gasteiger partial charge on any atom is -0.756 e. The van der Waals surface area contributed by atoms with Gasteiger partial charge in [0, 0.05) is 12.8 Å². The third-order valence-corrected chi connectivity index (χ3v) is 19.3.